The summed E-state index contributed by atoms with van der Waals surface area (Å²) in [4.78, 5) is 10.9. The number of nitrogens with one attached hydrogen (secondary N) is 1. The highest BCUT2D eigenvalue weighted by molar-refractivity contribution is 5.89. The van der Waals surface area contributed by atoms with Gasteiger partial charge in [0.1, 0.15) is 18.9 Å². The first-order valence-corrected chi connectivity index (χ1v) is 8.34. The van der Waals surface area contributed by atoms with E-state index in [0.717, 1.165) is 11.3 Å². The number of primary amides is 1. The van der Waals surface area contributed by atoms with Crippen LogP contribution in [-0.4, -0.2) is 35.2 Å². The molecule has 0 aliphatic carbocycles. The number of hydrogen-bond donors (Lipinski definition) is 2. The predicted molar refractivity (Wildman–Crippen MR) is 100 cm³/mol. The van der Waals surface area contributed by atoms with Gasteiger partial charge in [-0.1, -0.05) is 18.2 Å². The molecule has 1 aliphatic heterocycles. The molecule has 2 aromatic carbocycles. The second-order valence-electron chi connectivity index (χ2n) is 5.81. The standard InChI is InChI=1S/C19H17N5O3/c20-19(25)22-21-11-14-12-24(15-4-2-1-3-5-15)23-18(14)13-6-7-16-17(10-13)27-9-8-26-16/h1-7,10-12H,8-9H2,(H3,20,22,25)/b21-11-. The van der Waals surface area contributed by atoms with Crippen LogP contribution in [0.25, 0.3) is 16.9 Å². The molecule has 136 valence electrons. The predicted octanol–water partition coefficient (Wildman–Crippen LogP) is 2.31. The van der Waals surface area contributed by atoms with Gasteiger partial charge in [0.25, 0.3) is 0 Å². The van der Waals surface area contributed by atoms with Gasteiger partial charge in [-0.3, -0.25) is 0 Å². The first-order chi connectivity index (χ1) is 13.2. The third-order valence-corrected chi connectivity index (χ3v) is 3.96. The smallest absolute Gasteiger partial charge is 0.332 e. The number of nitrogens with two attached hydrogens (primary N) is 1. The van der Waals surface area contributed by atoms with E-state index in [2.05, 4.69) is 15.6 Å². The Kier molecular flexibility index (Phi) is 4.44. The second kappa shape index (κ2) is 7.20. The minimum Gasteiger partial charge on any atom is -0.486 e. The van der Waals surface area contributed by atoms with Gasteiger partial charge in [-0.2, -0.15) is 10.2 Å². The van der Waals surface area contributed by atoms with Crippen LogP contribution in [0.2, 0.25) is 0 Å². The molecule has 0 radical (unpaired) electrons. The highest BCUT2D eigenvalue weighted by atomic mass is 16.6. The number of benzene rings is 2. The normalized spacial score (nSPS) is 12.9. The van der Waals surface area contributed by atoms with E-state index < -0.39 is 6.03 Å². The molecule has 0 saturated carbocycles. The third-order valence-electron chi connectivity index (χ3n) is 3.96. The number of fused-ring (bicyclic) bond motifs is 1. The molecule has 0 saturated heterocycles. The fourth-order valence-corrected chi connectivity index (χ4v) is 2.78. The van der Waals surface area contributed by atoms with Crippen molar-refractivity contribution in [3.8, 4) is 28.4 Å². The van der Waals surface area contributed by atoms with Gasteiger partial charge in [0, 0.05) is 17.3 Å². The number of aromatic nitrogens is 2. The Morgan fingerprint density at radius 2 is 1.93 bits per heavy atom. The number of hydrogen-bond acceptors (Lipinski definition) is 5. The summed E-state index contributed by atoms with van der Waals surface area (Å²) in [6.07, 6.45) is 3.33. The van der Waals surface area contributed by atoms with Gasteiger partial charge in [0.15, 0.2) is 11.5 Å². The molecule has 0 fully saturated rings. The van der Waals surface area contributed by atoms with Crippen LogP contribution in [0.4, 0.5) is 4.79 Å². The topological polar surface area (TPSA) is 104 Å². The van der Waals surface area contributed by atoms with Crippen molar-refractivity contribution in [2.45, 2.75) is 0 Å². The molecule has 0 atom stereocenters. The highest BCUT2D eigenvalue weighted by Crippen LogP contribution is 2.35. The van der Waals surface area contributed by atoms with E-state index in [0.29, 0.717) is 36.0 Å². The number of carbonyl (C=O) groups excluding carboxylic acids is 1. The van der Waals surface area contributed by atoms with E-state index in [-0.39, 0.29) is 0 Å². The molecule has 0 unspecified atom stereocenters. The summed E-state index contributed by atoms with van der Waals surface area (Å²) < 4.78 is 13.0. The first kappa shape index (κ1) is 16.6. The molecule has 8 heteroatoms. The molecule has 4 rings (SSSR count). The van der Waals surface area contributed by atoms with Crippen molar-refractivity contribution in [3.63, 3.8) is 0 Å². The third kappa shape index (κ3) is 3.59. The zero-order valence-electron chi connectivity index (χ0n) is 14.3. The van der Waals surface area contributed by atoms with E-state index in [1.165, 1.54) is 6.21 Å². The van der Waals surface area contributed by atoms with Gasteiger partial charge >= 0.3 is 6.03 Å². The minimum atomic E-state index is -0.734. The van der Waals surface area contributed by atoms with Crippen molar-refractivity contribution in [1.82, 2.24) is 15.2 Å². The van der Waals surface area contributed by atoms with Gasteiger partial charge in [0.05, 0.1) is 11.9 Å². The van der Waals surface area contributed by atoms with Crippen LogP contribution < -0.4 is 20.6 Å². The van der Waals surface area contributed by atoms with Gasteiger partial charge < -0.3 is 15.2 Å². The lowest BCUT2D eigenvalue weighted by Gasteiger charge is -2.18. The average Bonchev–Trinajstić information content (AvgIpc) is 3.12. The van der Waals surface area contributed by atoms with Crippen LogP contribution in [-0.2, 0) is 0 Å². The van der Waals surface area contributed by atoms with Crippen molar-refractivity contribution >= 4 is 12.2 Å². The maximum absolute atomic E-state index is 10.9. The number of nitrogens with zero attached hydrogens (tertiary/aromatic N) is 3. The summed E-state index contributed by atoms with van der Waals surface area (Å²) in [6.45, 7) is 1.04. The maximum Gasteiger partial charge on any atom is 0.332 e. The zero-order valence-corrected chi connectivity index (χ0v) is 14.3. The van der Waals surface area contributed by atoms with Crippen LogP contribution in [0.5, 0.6) is 11.5 Å². The summed E-state index contributed by atoms with van der Waals surface area (Å²) in [7, 11) is 0. The highest BCUT2D eigenvalue weighted by Gasteiger charge is 2.16. The molecule has 3 N–H and O–H groups in total. The first-order valence-electron chi connectivity index (χ1n) is 8.34. The summed E-state index contributed by atoms with van der Waals surface area (Å²) in [6, 6.07) is 14.6. The number of hydrazone groups is 1. The van der Waals surface area contributed by atoms with Crippen molar-refractivity contribution in [2.24, 2.45) is 10.8 Å². The van der Waals surface area contributed by atoms with Crippen molar-refractivity contribution in [1.29, 1.82) is 0 Å². The summed E-state index contributed by atoms with van der Waals surface area (Å²) in [5, 5.41) is 8.55. The lowest BCUT2D eigenvalue weighted by atomic mass is 10.1. The summed E-state index contributed by atoms with van der Waals surface area (Å²) in [5.74, 6) is 1.38. The Morgan fingerprint density at radius 1 is 1.15 bits per heavy atom. The number of para-hydroxylation sites is 1. The molecule has 1 aliphatic rings. The van der Waals surface area contributed by atoms with Crippen LogP contribution in [0, 0.1) is 0 Å². The largest absolute Gasteiger partial charge is 0.486 e. The average molecular weight is 363 g/mol. The van der Waals surface area contributed by atoms with Crippen molar-refractivity contribution in [2.75, 3.05) is 13.2 Å². The second-order valence-corrected chi connectivity index (χ2v) is 5.81. The fourth-order valence-electron chi connectivity index (χ4n) is 2.78. The number of urea groups is 1. The molecule has 8 nitrogen and oxygen atoms in total. The SMILES string of the molecule is NC(=O)N/N=C\c1cn(-c2ccccc2)nc1-c1ccc2c(c1)OCCO2. The van der Waals surface area contributed by atoms with Gasteiger partial charge in [-0.05, 0) is 30.3 Å². The Labute approximate surface area is 155 Å². The number of amides is 2. The van der Waals surface area contributed by atoms with E-state index in [1.54, 1.807) is 4.68 Å². The molecular weight excluding hydrogens is 346 g/mol. The van der Waals surface area contributed by atoms with Crippen LogP contribution in [0.15, 0.2) is 59.8 Å². The molecule has 27 heavy (non-hydrogen) atoms. The molecule has 2 heterocycles. The van der Waals surface area contributed by atoms with Crippen LogP contribution in [0.1, 0.15) is 5.56 Å². The Hall–Kier alpha value is -3.81. The van der Waals surface area contributed by atoms with Crippen molar-refractivity contribution in [3.05, 3.63) is 60.3 Å². The monoisotopic (exact) mass is 363 g/mol. The van der Waals surface area contributed by atoms with Gasteiger partial charge in [-0.25, -0.2) is 14.9 Å². The summed E-state index contributed by atoms with van der Waals surface area (Å²) >= 11 is 0. The molecular formula is C19H17N5O3. The quantitative estimate of drug-likeness (QED) is 0.548. The van der Waals surface area contributed by atoms with Gasteiger partial charge in [0.2, 0.25) is 0 Å². The Bertz CT molecular complexity index is 998. The van der Waals surface area contributed by atoms with Crippen LogP contribution >= 0.6 is 0 Å². The Morgan fingerprint density at radius 3 is 2.70 bits per heavy atom. The zero-order chi connectivity index (χ0) is 18.6. The fraction of sp³-hybridized carbons (Fsp3) is 0.105. The molecule has 3 aromatic rings. The maximum atomic E-state index is 10.9. The lowest BCUT2D eigenvalue weighted by Crippen LogP contribution is -2.24. The molecule has 0 spiro atoms. The molecule has 0 bridgehead atoms. The van der Waals surface area contributed by atoms with Crippen LogP contribution in [0.3, 0.4) is 0 Å². The lowest BCUT2D eigenvalue weighted by molar-refractivity contribution is 0.171. The van der Waals surface area contributed by atoms with E-state index in [1.807, 2.05) is 54.7 Å². The number of carbonyl (C=O) groups is 1. The van der Waals surface area contributed by atoms with Gasteiger partial charge in [-0.15, -0.1) is 0 Å². The van der Waals surface area contributed by atoms with E-state index in [4.69, 9.17) is 15.2 Å². The number of rotatable bonds is 4. The van der Waals surface area contributed by atoms with Crippen molar-refractivity contribution < 1.29 is 14.3 Å². The van der Waals surface area contributed by atoms with E-state index in [9.17, 15) is 4.79 Å². The number of ether oxygens (including phenoxy) is 2. The molecule has 1 aromatic heterocycles. The molecule has 2 amide bonds. The van der Waals surface area contributed by atoms with E-state index >= 15 is 0 Å². The Balaban J connectivity index is 1.76. The summed E-state index contributed by atoms with van der Waals surface area (Å²) in [5.41, 5.74) is 10.4. The minimum absolute atomic E-state index is 0.506.